The average Bonchev–Trinajstić information content (AvgIpc) is 3.06. The van der Waals surface area contributed by atoms with E-state index in [9.17, 15) is 9.59 Å². The fourth-order valence-electron chi connectivity index (χ4n) is 5.61. The molecule has 1 aliphatic heterocycles. The first-order valence-corrected chi connectivity index (χ1v) is 13.2. The predicted octanol–water partition coefficient (Wildman–Crippen LogP) is 5.64. The van der Waals surface area contributed by atoms with E-state index in [1.807, 2.05) is 77.7 Å². The topological polar surface area (TPSA) is 79.9 Å². The van der Waals surface area contributed by atoms with Crippen molar-refractivity contribution in [2.45, 2.75) is 39.3 Å². The van der Waals surface area contributed by atoms with Gasteiger partial charge in [0.15, 0.2) is 5.78 Å². The lowest BCUT2D eigenvalue weighted by Crippen LogP contribution is -2.41. The number of methoxy groups -OCH3 is 2. The highest BCUT2D eigenvalue weighted by molar-refractivity contribution is 6.01. The molecule has 0 radical (unpaired) electrons. The highest BCUT2D eigenvalue weighted by Crippen LogP contribution is 2.48. The van der Waals surface area contributed by atoms with Crippen molar-refractivity contribution < 1.29 is 19.1 Å². The summed E-state index contributed by atoms with van der Waals surface area (Å²) in [6, 6.07) is 22.9. The number of hydrogen-bond donors (Lipinski definition) is 2. The predicted molar refractivity (Wildman–Crippen MR) is 153 cm³/mol. The summed E-state index contributed by atoms with van der Waals surface area (Å²) in [6.07, 6.45) is 1.19. The van der Waals surface area contributed by atoms with E-state index in [1.165, 1.54) is 0 Å². The van der Waals surface area contributed by atoms with E-state index in [2.05, 4.69) is 24.5 Å². The molecule has 0 aromatic heterocycles. The quantitative estimate of drug-likeness (QED) is 0.416. The number of benzene rings is 3. The maximum absolute atomic E-state index is 13.8. The number of para-hydroxylation sites is 3. The molecule has 0 bridgehead atoms. The van der Waals surface area contributed by atoms with Crippen molar-refractivity contribution in [3.63, 3.8) is 0 Å². The summed E-state index contributed by atoms with van der Waals surface area (Å²) in [5.74, 6) is 1.41. The van der Waals surface area contributed by atoms with Crippen LogP contribution in [-0.2, 0) is 16.1 Å². The molecule has 1 heterocycles. The fourth-order valence-corrected chi connectivity index (χ4v) is 5.61. The second-order valence-electron chi connectivity index (χ2n) is 10.9. The molecule has 202 valence electrons. The molecule has 7 heteroatoms. The second kappa shape index (κ2) is 10.8. The number of ether oxygens (including phenoxy) is 2. The largest absolute Gasteiger partial charge is 0.497 e. The Labute approximate surface area is 229 Å². The van der Waals surface area contributed by atoms with Gasteiger partial charge in [0.2, 0.25) is 5.91 Å². The van der Waals surface area contributed by atoms with Gasteiger partial charge in [-0.2, -0.15) is 0 Å². The van der Waals surface area contributed by atoms with Crippen LogP contribution >= 0.6 is 0 Å². The summed E-state index contributed by atoms with van der Waals surface area (Å²) in [7, 11) is 3.25. The average molecular weight is 526 g/mol. The van der Waals surface area contributed by atoms with E-state index in [1.54, 1.807) is 14.2 Å². The Morgan fingerprint density at radius 2 is 1.69 bits per heavy atom. The Morgan fingerprint density at radius 3 is 2.44 bits per heavy atom. The summed E-state index contributed by atoms with van der Waals surface area (Å²) >= 11 is 0. The summed E-state index contributed by atoms with van der Waals surface area (Å²) in [5.41, 5.74) is 5.04. The maximum atomic E-state index is 13.8. The molecule has 1 unspecified atom stereocenters. The Balaban J connectivity index is 1.56. The van der Waals surface area contributed by atoms with E-state index >= 15 is 0 Å². The van der Waals surface area contributed by atoms with Crippen LogP contribution in [0.3, 0.4) is 0 Å². The van der Waals surface area contributed by atoms with Crippen LogP contribution in [0.2, 0.25) is 0 Å². The first-order valence-electron chi connectivity index (χ1n) is 13.2. The van der Waals surface area contributed by atoms with Gasteiger partial charge in [-0.25, -0.2) is 0 Å². The van der Waals surface area contributed by atoms with Gasteiger partial charge in [0.05, 0.1) is 38.2 Å². The molecule has 1 amide bonds. The number of allylic oxidation sites excluding steroid dienone is 1. The summed E-state index contributed by atoms with van der Waals surface area (Å²) in [4.78, 5) is 29.3. The van der Waals surface area contributed by atoms with Crippen molar-refractivity contribution >= 4 is 23.1 Å². The van der Waals surface area contributed by atoms with Crippen LogP contribution in [0.15, 0.2) is 84.1 Å². The Hall–Kier alpha value is -4.26. The third kappa shape index (κ3) is 5.48. The van der Waals surface area contributed by atoms with Crippen molar-refractivity contribution in [2.24, 2.45) is 5.41 Å². The lowest BCUT2D eigenvalue weighted by Gasteiger charge is -2.38. The number of carbonyl (C=O) groups excluding carboxylic acids is 2. The first kappa shape index (κ1) is 26.4. The van der Waals surface area contributed by atoms with Gasteiger partial charge in [-0.3, -0.25) is 9.59 Å². The number of nitrogens with zero attached hydrogens (tertiary/aromatic N) is 1. The number of ketones is 1. The number of rotatable bonds is 7. The Bertz CT molecular complexity index is 1410. The zero-order chi connectivity index (χ0) is 27.6. The Kier molecular flexibility index (Phi) is 7.33. The molecular formula is C32H35N3O4. The number of hydrogen-bond acceptors (Lipinski definition) is 6. The zero-order valence-corrected chi connectivity index (χ0v) is 22.9. The van der Waals surface area contributed by atoms with Gasteiger partial charge in [0.1, 0.15) is 11.5 Å². The molecule has 39 heavy (non-hydrogen) atoms. The van der Waals surface area contributed by atoms with Crippen LogP contribution in [0, 0.1) is 5.41 Å². The number of fused-ring (bicyclic) bond motifs is 1. The molecule has 2 N–H and O–H groups in total. The third-order valence-corrected chi connectivity index (χ3v) is 7.42. The third-order valence-electron chi connectivity index (χ3n) is 7.42. The number of carbonyl (C=O) groups is 2. The van der Waals surface area contributed by atoms with Crippen LogP contribution in [0.1, 0.15) is 43.9 Å². The minimum Gasteiger partial charge on any atom is -0.497 e. The normalized spacial score (nSPS) is 17.9. The summed E-state index contributed by atoms with van der Waals surface area (Å²) < 4.78 is 10.8. The number of amides is 1. The highest BCUT2D eigenvalue weighted by atomic mass is 16.5. The molecule has 3 aromatic carbocycles. The van der Waals surface area contributed by atoms with Crippen LogP contribution in [-0.4, -0.2) is 32.5 Å². The van der Waals surface area contributed by atoms with Gasteiger partial charge in [0, 0.05) is 29.8 Å². The molecule has 7 nitrogen and oxygen atoms in total. The van der Waals surface area contributed by atoms with Crippen molar-refractivity contribution in [1.29, 1.82) is 0 Å². The molecule has 3 aromatic rings. The lowest BCUT2D eigenvalue weighted by molar-refractivity contribution is -0.121. The Morgan fingerprint density at radius 1 is 0.974 bits per heavy atom. The minimum atomic E-state index is -0.442. The summed E-state index contributed by atoms with van der Waals surface area (Å²) in [5, 5.41) is 6.65. The summed E-state index contributed by atoms with van der Waals surface area (Å²) in [6.45, 7) is 4.65. The molecular weight excluding hydrogens is 490 g/mol. The second-order valence-corrected chi connectivity index (χ2v) is 10.9. The number of nitrogens with one attached hydrogen (secondary N) is 2. The van der Waals surface area contributed by atoms with Gasteiger partial charge in [-0.05, 0) is 47.7 Å². The zero-order valence-electron chi connectivity index (χ0n) is 22.9. The van der Waals surface area contributed by atoms with Crippen molar-refractivity contribution in [2.75, 3.05) is 31.0 Å². The molecule has 0 fully saturated rings. The van der Waals surface area contributed by atoms with Crippen molar-refractivity contribution in [3.8, 4) is 11.5 Å². The van der Waals surface area contributed by atoms with E-state index in [-0.39, 0.29) is 23.7 Å². The monoisotopic (exact) mass is 525 g/mol. The SMILES string of the molecule is COc1ccc(C2C3=C(CC(C)(C)CC3=O)Nc3ccccc3N2CC(=O)NCc2ccccc2OC)cc1. The first-order chi connectivity index (χ1) is 18.8. The standard InChI is InChI=1S/C32H35N3O4/c1-32(2)17-25-30(27(36)18-32)31(21-13-15-23(38-3)16-14-21)35(26-11-7-6-10-24(26)34-25)20-29(37)33-19-22-9-5-8-12-28(22)39-4/h5-16,31,34H,17-20H2,1-4H3,(H,33,37). The van der Waals surface area contributed by atoms with Gasteiger partial charge in [-0.1, -0.05) is 56.3 Å². The highest BCUT2D eigenvalue weighted by Gasteiger charge is 2.41. The van der Waals surface area contributed by atoms with Gasteiger partial charge in [-0.15, -0.1) is 0 Å². The van der Waals surface area contributed by atoms with Gasteiger partial charge >= 0.3 is 0 Å². The molecule has 2 aliphatic rings. The molecule has 5 rings (SSSR count). The van der Waals surface area contributed by atoms with E-state index < -0.39 is 6.04 Å². The van der Waals surface area contributed by atoms with E-state index in [4.69, 9.17) is 9.47 Å². The van der Waals surface area contributed by atoms with Gasteiger partial charge < -0.3 is 25.0 Å². The molecule has 0 spiro atoms. The van der Waals surface area contributed by atoms with Gasteiger partial charge in [0.25, 0.3) is 0 Å². The van der Waals surface area contributed by atoms with Crippen LogP contribution < -0.4 is 25.0 Å². The fraction of sp³-hybridized carbons (Fsp3) is 0.312. The molecule has 1 aliphatic carbocycles. The van der Waals surface area contributed by atoms with Crippen molar-refractivity contribution in [1.82, 2.24) is 5.32 Å². The smallest absolute Gasteiger partial charge is 0.239 e. The van der Waals surface area contributed by atoms with Crippen LogP contribution in [0.5, 0.6) is 11.5 Å². The maximum Gasteiger partial charge on any atom is 0.239 e. The van der Waals surface area contributed by atoms with E-state index in [0.717, 1.165) is 46.1 Å². The van der Waals surface area contributed by atoms with Crippen LogP contribution in [0.25, 0.3) is 0 Å². The number of Topliss-reactive ketones (excluding diaryl/α,β-unsaturated/α-hetero) is 1. The molecule has 1 atom stereocenters. The van der Waals surface area contributed by atoms with Crippen molar-refractivity contribution in [3.05, 3.63) is 95.2 Å². The van der Waals surface area contributed by atoms with E-state index in [0.29, 0.717) is 18.5 Å². The van der Waals surface area contributed by atoms with Crippen LogP contribution in [0.4, 0.5) is 11.4 Å². The molecule has 0 saturated heterocycles. The molecule has 0 saturated carbocycles. The lowest BCUT2D eigenvalue weighted by atomic mass is 9.73. The minimum absolute atomic E-state index is 0.0675. The number of anilines is 2.